The number of nitrogens with two attached hydrogens (primary N) is 1. The number of hydrogen-bond acceptors (Lipinski definition) is 5. The molecule has 4 N–H and O–H groups in total. The van der Waals surface area contributed by atoms with Gasteiger partial charge in [0.15, 0.2) is 0 Å². The molecule has 2 aliphatic rings. The molecule has 2 amide bonds. The van der Waals surface area contributed by atoms with Gasteiger partial charge in [-0.3, -0.25) is 19.4 Å². The minimum Gasteiger partial charge on any atom is -0.392 e. The molecule has 1 aromatic carbocycles. The summed E-state index contributed by atoms with van der Waals surface area (Å²) in [7, 11) is 0. The van der Waals surface area contributed by atoms with Crippen LogP contribution in [0.15, 0.2) is 39.9 Å². The molecule has 1 unspecified atom stereocenters. The molecule has 32 heavy (non-hydrogen) atoms. The van der Waals surface area contributed by atoms with Crippen LogP contribution in [0.4, 0.5) is 5.69 Å². The molecule has 2 aliphatic heterocycles. The lowest BCUT2D eigenvalue weighted by molar-refractivity contribution is 0.0469. The summed E-state index contributed by atoms with van der Waals surface area (Å²) < 4.78 is 0. The Morgan fingerprint density at radius 3 is 2.31 bits per heavy atom. The van der Waals surface area contributed by atoms with Crippen LogP contribution in [0.2, 0.25) is 0 Å². The lowest BCUT2D eigenvalue weighted by Gasteiger charge is -2.40. The highest BCUT2D eigenvalue weighted by molar-refractivity contribution is 5.97. The zero-order valence-electron chi connectivity index (χ0n) is 18.0. The van der Waals surface area contributed by atoms with E-state index in [9.17, 15) is 19.2 Å². The van der Waals surface area contributed by atoms with E-state index in [1.54, 1.807) is 4.90 Å². The van der Waals surface area contributed by atoms with Crippen molar-refractivity contribution in [2.24, 2.45) is 5.92 Å². The van der Waals surface area contributed by atoms with Crippen molar-refractivity contribution in [3.63, 3.8) is 0 Å². The van der Waals surface area contributed by atoms with Crippen LogP contribution in [0, 0.1) is 5.92 Å². The van der Waals surface area contributed by atoms with Gasteiger partial charge in [0.25, 0.3) is 17.4 Å². The van der Waals surface area contributed by atoms with Gasteiger partial charge < -0.3 is 20.5 Å². The van der Waals surface area contributed by atoms with E-state index >= 15 is 0 Å². The first-order valence-corrected chi connectivity index (χ1v) is 11.2. The van der Waals surface area contributed by atoms with E-state index in [1.807, 2.05) is 40.2 Å². The molecule has 2 fully saturated rings. The topological polar surface area (TPSA) is 132 Å². The molecule has 4 rings (SSSR count). The van der Waals surface area contributed by atoms with Gasteiger partial charge in [-0.25, -0.2) is 4.79 Å². The van der Waals surface area contributed by atoms with Crippen LogP contribution in [-0.4, -0.2) is 57.3 Å². The maximum Gasteiger partial charge on any atom is 0.326 e. The molecule has 170 valence electrons. The molecule has 1 aromatic heterocycles. The van der Waals surface area contributed by atoms with Crippen molar-refractivity contribution in [3.05, 3.63) is 62.4 Å². The number of carbonyl (C=O) groups excluding carboxylic acids is 2. The van der Waals surface area contributed by atoms with Crippen LogP contribution in [-0.2, 0) is 0 Å². The van der Waals surface area contributed by atoms with Gasteiger partial charge in [-0.1, -0.05) is 31.0 Å². The maximum atomic E-state index is 13.2. The SMILES string of the molecule is Nc1c(C(=O)N2CCC(C3CCCCCN3C(=O)c3ccccc3)CC2)[nH]c(=O)[nH]c1=O. The first-order chi connectivity index (χ1) is 15.5. The quantitative estimate of drug-likeness (QED) is 0.668. The number of hydrogen-bond donors (Lipinski definition) is 3. The van der Waals surface area contributed by atoms with Crippen molar-refractivity contribution >= 4 is 17.5 Å². The summed E-state index contributed by atoms with van der Waals surface area (Å²) in [5.74, 6) is -0.0764. The van der Waals surface area contributed by atoms with Crippen molar-refractivity contribution in [3.8, 4) is 0 Å². The highest BCUT2D eigenvalue weighted by Crippen LogP contribution is 2.31. The Hall–Kier alpha value is -3.36. The van der Waals surface area contributed by atoms with Crippen molar-refractivity contribution in [1.29, 1.82) is 0 Å². The second-order valence-corrected chi connectivity index (χ2v) is 8.61. The number of piperidine rings is 1. The summed E-state index contributed by atoms with van der Waals surface area (Å²) in [4.78, 5) is 57.5. The molecule has 2 aromatic rings. The average Bonchev–Trinajstić information content (AvgIpc) is 3.07. The first-order valence-electron chi connectivity index (χ1n) is 11.2. The number of carbonyl (C=O) groups is 2. The number of aromatic amines is 2. The van der Waals surface area contributed by atoms with Crippen LogP contribution in [0.5, 0.6) is 0 Å². The molecule has 0 spiro atoms. The van der Waals surface area contributed by atoms with Gasteiger partial charge in [0, 0.05) is 31.2 Å². The molecular weight excluding hydrogens is 410 g/mol. The van der Waals surface area contributed by atoms with Crippen molar-refractivity contribution in [2.45, 2.75) is 44.6 Å². The zero-order valence-corrected chi connectivity index (χ0v) is 18.0. The fourth-order valence-electron chi connectivity index (χ4n) is 4.93. The third-order valence-electron chi connectivity index (χ3n) is 6.65. The van der Waals surface area contributed by atoms with E-state index in [4.69, 9.17) is 5.73 Å². The largest absolute Gasteiger partial charge is 0.392 e. The number of benzene rings is 1. The molecule has 0 saturated carbocycles. The fourth-order valence-corrected chi connectivity index (χ4v) is 4.93. The first kappa shape index (κ1) is 21.9. The highest BCUT2D eigenvalue weighted by Gasteiger charge is 2.35. The minimum atomic E-state index is -0.763. The molecular formula is C23H29N5O4. The molecule has 3 heterocycles. The van der Waals surface area contributed by atoms with E-state index in [0.29, 0.717) is 24.6 Å². The number of rotatable bonds is 3. The number of nitrogens with zero attached hydrogens (tertiary/aromatic N) is 2. The fraction of sp³-hybridized carbons (Fsp3) is 0.478. The second-order valence-electron chi connectivity index (χ2n) is 8.61. The summed E-state index contributed by atoms with van der Waals surface area (Å²) >= 11 is 0. The number of nitrogen functional groups attached to an aromatic ring is 1. The summed E-state index contributed by atoms with van der Waals surface area (Å²) in [6, 6.07) is 9.54. The zero-order chi connectivity index (χ0) is 22.7. The molecule has 0 radical (unpaired) electrons. The molecule has 0 aliphatic carbocycles. The van der Waals surface area contributed by atoms with Crippen LogP contribution in [0.1, 0.15) is 59.4 Å². The number of anilines is 1. The van der Waals surface area contributed by atoms with Gasteiger partial charge in [0.1, 0.15) is 11.4 Å². The van der Waals surface area contributed by atoms with Crippen molar-refractivity contribution in [2.75, 3.05) is 25.4 Å². The van der Waals surface area contributed by atoms with Crippen molar-refractivity contribution < 1.29 is 9.59 Å². The van der Waals surface area contributed by atoms with Crippen LogP contribution in [0.25, 0.3) is 0 Å². The van der Waals surface area contributed by atoms with E-state index in [0.717, 1.165) is 45.1 Å². The summed E-state index contributed by atoms with van der Waals surface area (Å²) in [5, 5.41) is 0. The highest BCUT2D eigenvalue weighted by atomic mass is 16.2. The summed E-state index contributed by atoms with van der Waals surface area (Å²) in [5.41, 5.74) is 4.48. The number of amides is 2. The monoisotopic (exact) mass is 439 g/mol. The Morgan fingerprint density at radius 1 is 0.875 bits per heavy atom. The third kappa shape index (κ3) is 4.46. The number of H-pyrrole nitrogens is 2. The van der Waals surface area contributed by atoms with E-state index in [1.165, 1.54) is 0 Å². The molecule has 0 bridgehead atoms. The van der Waals surface area contributed by atoms with Crippen molar-refractivity contribution in [1.82, 2.24) is 19.8 Å². The Balaban J connectivity index is 1.47. The third-order valence-corrected chi connectivity index (χ3v) is 6.65. The smallest absolute Gasteiger partial charge is 0.326 e. The van der Waals surface area contributed by atoms with Crippen LogP contribution in [0.3, 0.4) is 0 Å². The molecule has 9 nitrogen and oxygen atoms in total. The number of nitrogens with one attached hydrogen (secondary N) is 2. The standard InChI is InChI=1S/C23H29N5O4/c24-18-19(25-23(32)26-20(18)29)22(31)27-13-10-15(11-14-27)17-9-5-2-6-12-28(17)21(30)16-7-3-1-4-8-16/h1,3-4,7-8,15,17H,2,5-6,9-14,24H2,(H2,25,26,29,32). The summed E-state index contributed by atoms with van der Waals surface area (Å²) in [6.45, 7) is 1.73. The molecule has 9 heteroatoms. The Labute approximate surface area is 185 Å². The summed E-state index contributed by atoms with van der Waals surface area (Å²) in [6.07, 6.45) is 5.67. The molecule has 1 atom stereocenters. The maximum absolute atomic E-state index is 13.2. The van der Waals surface area contributed by atoms with Gasteiger partial charge in [-0.05, 0) is 43.7 Å². The number of aromatic nitrogens is 2. The normalized spacial score (nSPS) is 20.1. The predicted molar refractivity (Wildman–Crippen MR) is 120 cm³/mol. The van der Waals surface area contributed by atoms with Crippen LogP contribution >= 0.6 is 0 Å². The van der Waals surface area contributed by atoms with E-state index in [2.05, 4.69) is 4.98 Å². The van der Waals surface area contributed by atoms with Gasteiger partial charge in [0.2, 0.25) is 0 Å². The van der Waals surface area contributed by atoms with Gasteiger partial charge >= 0.3 is 5.69 Å². The Bertz CT molecular complexity index is 1090. The Morgan fingerprint density at radius 2 is 1.59 bits per heavy atom. The van der Waals surface area contributed by atoms with Crippen LogP contribution < -0.4 is 17.0 Å². The Kier molecular flexibility index (Phi) is 6.43. The van der Waals surface area contributed by atoms with Gasteiger partial charge in [0.05, 0.1) is 0 Å². The minimum absolute atomic E-state index is 0.0739. The second kappa shape index (κ2) is 9.42. The lowest BCUT2D eigenvalue weighted by atomic mass is 9.85. The average molecular weight is 440 g/mol. The molecule has 2 saturated heterocycles. The van der Waals surface area contributed by atoms with Gasteiger partial charge in [-0.2, -0.15) is 0 Å². The van der Waals surface area contributed by atoms with E-state index < -0.39 is 17.2 Å². The lowest BCUT2D eigenvalue weighted by Crippen LogP contribution is -2.49. The van der Waals surface area contributed by atoms with E-state index in [-0.39, 0.29) is 23.3 Å². The van der Waals surface area contributed by atoms with Gasteiger partial charge in [-0.15, -0.1) is 0 Å². The number of likely N-dealkylation sites (tertiary alicyclic amines) is 2. The predicted octanol–water partition coefficient (Wildman–Crippen LogP) is 1.58.